The van der Waals surface area contributed by atoms with Crippen molar-refractivity contribution < 1.29 is 14.6 Å². The molecule has 0 spiro atoms. The van der Waals surface area contributed by atoms with Gasteiger partial charge in [-0.1, -0.05) is 0 Å². The smallest absolute Gasteiger partial charge is 0.323 e. The van der Waals surface area contributed by atoms with E-state index in [9.17, 15) is 4.79 Å². The van der Waals surface area contributed by atoms with Crippen LogP contribution in [0.1, 0.15) is 20.8 Å². The van der Waals surface area contributed by atoms with Gasteiger partial charge in [0, 0.05) is 18.3 Å². The van der Waals surface area contributed by atoms with Gasteiger partial charge in [-0.2, -0.15) is 4.98 Å². The fourth-order valence-corrected chi connectivity index (χ4v) is 1.33. The van der Waals surface area contributed by atoms with Crippen LogP contribution in [0.25, 0.3) is 0 Å². The van der Waals surface area contributed by atoms with Gasteiger partial charge in [-0.3, -0.25) is 4.79 Å². The van der Waals surface area contributed by atoms with Crippen LogP contribution in [0.4, 0.5) is 5.95 Å². The second-order valence-electron chi connectivity index (χ2n) is 3.74. The van der Waals surface area contributed by atoms with E-state index in [-0.39, 0.29) is 12.6 Å². The Bertz CT molecular complexity index is 382. The molecule has 17 heavy (non-hydrogen) atoms. The number of rotatable bonds is 6. The topological polar surface area (TPSA) is 75.5 Å². The monoisotopic (exact) mass is 239 g/mol. The zero-order valence-corrected chi connectivity index (χ0v) is 10.3. The maximum absolute atomic E-state index is 10.8. The summed E-state index contributed by atoms with van der Waals surface area (Å²) in [5.74, 6) is -0.0917. The van der Waals surface area contributed by atoms with Crippen LogP contribution in [0.5, 0.6) is 5.88 Å². The van der Waals surface area contributed by atoms with E-state index in [2.05, 4.69) is 9.97 Å². The Morgan fingerprint density at radius 2 is 2.29 bits per heavy atom. The number of nitrogens with zero attached hydrogens (tertiary/aromatic N) is 3. The summed E-state index contributed by atoms with van der Waals surface area (Å²) in [5.41, 5.74) is 0. The lowest BCUT2D eigenvalue weighted by Crippen LogP contribution is -2.36. The maximum Gasteiger partial charge on any atom is 0.323 e. The molecule has 0 radical (unpaired) electrons. The van der Waals surface area contributed by atoms with Gasteiger partial charge >= 0.3 is 5.97 Å². The molecule has 1 N–H and O–H groups in total. The molecule has 0 saturated heterocycles. The second-order valence-corrected chi connectivity index (χ2v) is 3.74. The quantitative estimate of drug-likeness (QED) is 0.803. The fourth-order valence-electron chi connectivity index (χ4n) is 1.33. The summed E-state index contributed by atoms with van der Waals surface area (Å²) in [5, 5.41) is 8.84. The van der Waals surface area contributed by atoms with E-state index < -0.39 is 5.97 Å². The van der Waals surface area contributed by atoms with E-state index >= 15 is 0 Å². The van der Waals surface area contributed by atoms with Gasteiger partial charge in [0.25, 0.3) is 0 Å². The molecule has 1 aromatic rings. The molecule has 0 fully saturated rings. The van der Waals surface area contributed by atoms with Crippen molar-refractivity contribution in [3.63, 3.8) is 0 Å². The number of carboxylic acid groups (broad SMARTS) is 1. The number of anilines is 1. The lowest BCUT2D eigenvalue weighted by atomic mass is 10.3. The third-order valence-corrected chi connectivity index (χ3v) is 2.10. The zero-order chi connectivity index (χ0) is 12.8. The second kappa shape index (κ2) is 6.03. The third kappa shape index (κ3) is 3.90. The summed E-state index contributed by atoms with van der Waals surface area (Å²) in [6, 6.07) is 1.65. The Morgan fingerprint density at radius 3 is 2.82 bits per heavy atom. The van der Waals surface area contributed by atoms with Crippen LogP contribution in [-0.4, -0.2) is 40.2 Å². The highest BCUT2D eigenvalue weighted by molar-refractivity contribution is 5.72. The summed E-state index contributed by atoms with van der Waals surface area (Å²) >= 11 is 0. The van der Waals surface area contributed by atoms with Gasteiger partial charge in [0.2, 0.25) is 11.8 Å². The van der Waals surface area contributed by atoms with Gasteiger partial charge in [0.1, 0.15) is 6.54 Å². The van der Waals surface area contributed by atoms with E-state index in [1.165, 1.54) is 0 Å². The molecule has 1 rings (SSSR count). The Kier molecular flexibility index (Phi) is 4.68. The van der Waals surface area contributed by atoms with Crippen molar-refractivity contribution in [3.8, 4) is 5.88 Å². The predicted molar refractivity (Wildman–Crippen MR) is 63.3 cm³/mol. The number of hydrogen-bond acceptors (Lipinski definition) is 5. The van der Waals surface area contributed by atoms with Gasteiger partial charge in [-0.25, -0.2) is 4.98 Å². The van der Waals surface area contributed by atoms with Crippen molar-refractivity contribution in [1.29, 1.82) is 0 Å². The molecule has 6 heteroatoms. The lowest BCUT2D eigenvalue weighted by Gasteiger charge is -2.24. The molecular formula is C11H17N3O3. The first kappa shape index (κ1) is 13.2. The van der Waals surface area contributed by atoms with Crippen LogP contribution in [0.2, 0.25) is 0 Å². The zero-order valence-electron chi connectivity index (χ0n) is 10.3. The van der Waals surface area contributed by atoms with Crippen LogP contribution >= 0.6 is 0 Å². The SMILES string of the molecule is CCOc1ccnc(N(CC(=O)O)C(C)C)n1. The Labute approximate surface area is 100 Å². The molecule has 0 bridgehead atoms. The number of ether oxygens (including phenoxy) is 1. The minimum Gasteiger partial charge on any atom is -0.480 e. The van der Waals surface area contributed by atoms with E-state index in [0.29, 0.717) is 18.4 Å². The number of aliphatic carboxylic acids is 1. The predicted octanol–water partition coefficient (Wildman–Crippen LogP) is 1.17. The normalized spacial score (nSPS) is 10.4. The van der Waals surface area contributed by atoms with Crippen molar-refractivity contribution in [2.45, 2.75) is 26.8 Å². The van der Waals surface area contributed by atoms with Crippen LogP contribution in [-0.2, 0) is 4.79 Å². The van der Waals surface area contributed by atoms with Gasteiger partial charge in [0.05, 0.1) is 6.61 Å². The number of hydrogen-bond donors (Lipinski definition) is 1. The molecule has 1 heterocycles. The van der Waals surface area contributed by atoms with Crippen molar-refractivity contribution >= 4 is 11.9 Å². The Morgan fingerprint density at radius 1 is 1.59 bits per heavy atom. The molecule has 0 aromatic carbocycles. The molecule has 0 unspecified atom stereocenters. The van der Waals surface area contributed by atoms with Crippen molar-refractivity contribution in [2.75, 3.05) is 18.1 Å². The highest BCUT2D eigenvalue weighted by Crippen LogP contribution is 2.14. The van der Waals surface area contributed by atoms with Gasteiger partial charge in [-0.05, 0) is 20.8 Å². The van der Waals surface area contributed by atoms with E-state index in [1.54, 1.807) is 17.2 Å². The average molecular weight is 239 g/mol. The highest BCUT2D eigenvalue weighted by atomic mass is 16.5. The third-order valence-electron chi connectivity index (χ3n) is 2.10. The van der Waals surface area contributed by atoms with Crippen molar-refractivity contribution in [1.82, 2.24) is 9.97 Å². The fraction of sp³-hybridized carbons (Fsp3) is 0.545. The molecular weight excluding hydrogens is 222 g/mol. The van der Waals surface area contributed by atoms with Crippen LogP contribution < -0.4 is 9.64 Å². The average Bonchev–Trinajstić information content (AvgIpc) is 2.26. The molecule has 0 saturated carbocycles. The molecule has 6 nitrogen and oxygen atoms in total. The van der Waals surface area contributed by atoms with Crippen molar-refractivity contribution in [2.24, 2.45) is 0 Å². The van der Waals surface area contributed by atoms with E-state index in [0.717, 1.165) is 0 Å². The first-order valence-corrected chi connectivity index (χ1v) is 5.48. The van der Waals surface area contributed by atoms with Crippen LogP contribution in [0.3, 0.4) is 0 Å². The minimum absolute atomic E-state index is 0.00276. The van der Waals surface area contributed by atoms with Crippen LogP contribution in [0.15, 0.2) is 12.3 Å². The summed E-state index contributed by atoms with van der Waals surface area (Å²) in [6.07, 6.45) is 1.56. The maximum atomic E-state index is 10.8. The minimum atomic E-state index is -0.913. The summed E-state index contributed by atoms with van der Waals surface area (Å²) in [6.45, 7) is 6.02. The molecule has 0 aliphatic heterocycles. The summed E-state index contributed by atoms with van der Waals surface area (Å²) in [7, 11) is 0. The standard InChI is InChI=1S/C11H17N3O3/c1-4-17-9-5-6-12-11(13-9)14(8(2)3)7-10(15)16/h5-6,8H,4,7H2,1-3H3,(H,15,16). The molecule has 94 valence electrons. The molecule has 0 aliphatic rings. The number of aromatic nitrogens is 2. The van der Waals surface area contributed by atoms with E-state index in [4.69, 9.17) is 9.84 Å². The van der Waals surface area contributed by atoms with Gasteiger partial charge < -0.3 is 14.7 Å². The van der Waals surface area contributed by atoms with Crippen LogP contribution in [0, 0.1) is 0 Å². The number of carboxylic acids is 1. The Balaban J connectivity index is 2.93. The summed E-state index contributed by atoms with van der Waals surface area (Å²) in [4.78, 5) is 20.6. The van der Waals surface area contributed by atoms with E-state index in [1.807, 2.05) is 20.8 Å². The van der Waals surface area contributed by atoms with Crippen molar-refractivity contribution in [3.05, 3.63) is 12.3 Å². The Hall–Kier alpha value is -1.85. The number of carbonyl (C=O) groups is 1. The highest BCUT2D eigenvalue weighted by Gasteiger charge is 2.17. The largest absolute Gasteiger partial charge is 0.480 e. The molecule has 0 amide bonds. The summed E-state index contributed by atoms with van der Waals surface area (Å²) < 4.78 is 5.26. The molecule has 1 aromatic heterocycles. The van der Waals surface area contributed by atoms with Gasteiger partial charge in [0.15, 0.2) is 0 Å². The molecule has 0 aliphatic carbocycles. The first-order valence-electron chi connectivity index (χ1n) is 5.48. The lowest BCUT2D eigenvalue weighted by molar-refractivity contribution is -0.135. The molecule has 0 atom stereocenters. The van der Waals surface area contributed by atoms with Gasteiger partial charge in [-0.15, -0.1) is 0 Å². The first-order chi connectivity index (χ1) is 8.04.